The lowest BCUT2D eigenvalue weighted by atomic mass is 10.1. The van der Waals surface area contributed by atoms with Gasteiger partial charge in [-0.1, -0.05) is 29.8 Å². The van der Waals surface area contributed by atoms with Crippen LogP contribution >= 0.6 is 11.6 Å². The number of nitrogens with one attached hydrogen (secondary N) is 1. The third-order valence-corrected chi connectivity index (χ3v) is 5.32. The van der Waals surface area contributed by atoms with E-state index < -0.39 is 0 Å². The fraction of sp³-hybridized carbons (Fsp3) is 0.120. The minimum absolute atomic E-state index is 0.234. The van der Waals surface area contributed by atoms with Crippen LogP contribution in [0.5, 0.6) is 11.5 Å². The number of carbonyl (C=O) groups is 1. The first-order chi connectivity index (χ1) is 15.6. The molecule has 0 fully saturated rings. The fourth-order valence-electron chi connectivity index (χ4n) is 3.33. The van der Waals surface area contributed by atoms with Gasteiger partial charge in [0.05, 0.1) is 30.6 Å². The first-order valence-corrected chi connectivity index (χ1v) is 10.4. The number of amides is 1. The molecule has 1 heterocycles. The Labute approximate surface area is 191 Å². The summed E-state index contributed by atoms with van der Waals surface area (Å²) in [6.07, 6.45) is 1.93. The zero-order chi connectivity index (χ0) is 22.5. The molecule has 162 valence electrons. The van der Waals surface area contributed by atoms with E-state index in [-0.39, 0.29) is 5.91 Å². The van der Waals surface area contributed by atoms with Gasteiger partial charge in [0.15, 0.2) is 0 Å². The lowest BCUT2D eigenvalue weighted by Gasteiger charge is -2.08. The molecule has 4 aromatic rings. The molecule has 6 nitrogen and oxygen atoms in total. The number of methoxy groups -OCH3 is 2. The molecule has 0 unspecified atom stereocenters. The summed E-state index contributed by atoms with van der Waals surface area (Å²) in [7, 11) is 3.16. The number of rotatable bonds is 7. The van der Waals surface area contributed by atoms with Crippen LogP contribution in [-0.2, 0) is 6.54 Å². The molecular weight excluding hydrogens is 426 g/mol. The number of benzene rings is 3. The van der Waals surface area contributed by atoms with Gasteiger partial charge in [0.25, 0.3) is 5.91 Å². The van der Waals surface area contributed by atoms with Gasteiger partial charge in [0, 0.05) is 29.4 Å². The van der Waals surface area contributed by atoms with Crippen molar-refractivity contribution in [3.05, 3.63) is 95.1 Å². The predicted molar refractivity (Wildman–Crippen MR) is 125 cm³/mol. The van der Waals surface area contributed by atoms with Gasteiger partial charge in [-0.25, -0.2) is 4.68 Å². The van der Waals surface area contributed by atoms with Crippen LogP contribution in [0.2, 0.25) is 5.02 Å². The van der Waals surface area contributed by atoms with Crippen molar-refractivity contribution in [1.29, 1.82) is 0 Å². The van der Waals surface area contributed by atoms with Crippen molar-refractivity contribution < 1.29 is 14.3 Å². The average molecular weight is 448 g/mol. The van der Waals surface area contributed by atoms with Crippen LogP contribution in [0.3, 0.4) is 0 Å². The molecule has 0 atom stereocenters. The summed E-state index contributed by atoms with van der Waals surface area (Å²) in [5.41, 5.74) is 3.98. The van der Waals surface area contributed by atoms with E-state index in [9.17, 15) is 4.79 Å². The number of hydrogen-bond acceptors (Lipinski definition) is 4. The maximum absolute atomic E-state index is 12.7. The molecule has 0 spiro atoms. The molecule has 32 heavy (non-hydrogen) atoms. The molecular formula is C25H22ClN3O3. The summed E-state index contributed by atoms with van der Waals surface area (Å²) in [5, 5.41) is 8.13. The molecule has 4 rings (SSSR count). The van der Waals surface area contributed by atoms with Crippen molar-refractivity contribution in [1.82, 2.24) is 15.1 Å². The number of ether oxygens (including phenoxy) is 2. The van der Waals surface area contributed by atoms with Crippen molar-refractivity contribution in [2.45, 2.75) is 6.54 Å². The van der Waals surface area contributed by atoms with Gasteiger partial charge in [0.1, 0.15) is 11.5 Å². The Kier molecular flexibility index (Phi) is 6.42. The smallest absolute Gasteiger partial charge is 0.251 e. The third kappa shape index (κ3) is 4.60. The lowest BCUT2D eigenvalue weighted by Crippen LogP contribution is -2.22. The van der Waals surface area contributed by atoms with Gasteiger partial charge in [0.2, 0.25) is 0 Å². The largest absolute Gasteiger partial charge is 0.497 e. The molecule has 1 amide bonds. The maximum atomic E-state index is 12.7. The second-order valence-electron chi connectivity index (χ2n) is 7.04. The van der Waals surface area contributed by atoms with E-state index in [4.69, 9.17) is 26.2 Å². The Morgan fingerprint density at radius 3 is 2.41 bits per heavy atom. The van der Waals surface area contributed by atoms with Gasteiger partial charge < -0.3 is 14.8 Å². The number of para-hydroxylation sites is 1. The first-order valence-electron chi connectivity index (χ1n) is 9.99. The van der Waals surface area contributed by atoms with E-state index in [2.05, 4.69) is 5.32 Å². The second-order valence-corrected chi connectivity index (χ2v) is 7.45. The van der Waals surface area contributed by atoms with E-state index in [1.54, 1.807) is 25.3 Å². The molecule has 1 N–H and O–H groups in total. The maximum Gasteiger partial charge on any atom is 0.251 e. The highest BCUT2D eigenvalue weighted by molar-refractivity contribution is 6.32. The zero-order valence-corrected chi connectivity index (χ0v) is 18.5. The van der Waals surface area contributed by atoms with Crippen LogP contribution in [-0.4, -0.2) is 29.9 Å². The van der Waals surface area contributed by atoms with Gasteiger partial charge in [-0.05, 0) is 54.6 Å². The topological polar surface area (TPSA) is 65.4 Å². The van der Waals surface area contributed by atoms with Gasteiger partial charge in [-0.2, -0.15) is 5.10 Å². The van der Waals surface area contributed by atoms with Gasteiger partial charge >= 0.3 is 0 Å². The Hall–Kier alpha value is -3.77. The monoisotopic (exact) mass is 447 g/mol. The normalized spacial score (nSPS) is 10.6. The van der Waals surface area contributed by atoms with Gasteiger partial charge in [-0.15, -0.1) is 0 Å². The molecule has 0 aliphatic rings. The van der Waals surface area contributed by atoms with Crippen LogP contribution in [0.25, 0.3) is 16.9 Å². The van der Waals surface area contributed by atoms with Crippen molar-refractivity contribution in [2.75, 3.05) is 14.2 Å². The Balaban J connectivity index is 1.62. The van der Waals surface area contributed by atoms with E-state index in [1.165, 1.54) is 7.11 Å². The minimum Gasteiger partial charge on any atom is -0.497 e. The quantitative estimate of drug-likeness (QED) is 0.426. The predicted octanol–water partition coefficient (Wildman–Crippen LogP) is 5.14. The molecule has 0 saturated heterocycles. The number of nitrogens with zero attached hydrogens (tertiary/aromatic N) is 2. The summed E-state index contributed by atoms with van der Waals surface area (Å²) >= 11 is 6.16. The summed E-state index contributed by atoms with van der Waals surface area (Å²) < 4.78 is 12.2. The van der Waals surface area contributed by atoms with Crippen molar-refractivity contribution in [3.63, 3.8) is 0 Å². The number of aromatic nitrogens is 2. The van der Waals surface area contributed by atoms with Gasteiger partial charge in [-0.3, -0.25) is 4.79 Å². The molecule has 0 aliphatic carbocycles. The van der Waals surface area contributed by atoms with Crippen molar-refractivity contribution >= 4 is 17.5 Å². The Morgan fingerprint density at radius 1 is 1.00 bits per heavy atom. The number of carbonyl (C=O) groups excluding carboxylic acids is 1. The number of hydrogen-bond donors (Lipinski definition) is 1. The molecule has 1 aromatic heterocycles. The van der Waals surface area contributed by atoms with E-state index in [0.717, 1.165) is 28.3 Å². The van der Waals surface area contributed by atoms with Crippen LogP contribution in [0, 0.1) is 0 Å². The van der Waals surface area contributed by atoms with Crippen molar-refractivity contribution in [2.24, 2.45) is 0 Å². The molecule has 3 aromatic carbocycles. The minimum atomic E-state index is -0.234. The van der Waals surface area contributed by atoms with Crippen LogP contribution in [0.1, 0.15) is 15.9 Å². The Morgan fingerprint density at radius 2 is 1.75 bits per heavy atom. The fourth-order valence-corrected chi connectivity index (χ4v) is 3.59. The molecule has 0 saturated carbocycles. The molecule has 0 radical (unpaired) electrons. The second kappa shape index (κ2) is 9.58. The van der Waals surface area contributed by atoms with Crippen LogP contribution in [0.4, 0.5) is 0 Å². The summed E-state index contributed by atoms with van der Waals surface area (Å²) in [5.74, 6) is 1.05. The summed E-state index contributed by atoms with van der Waals surface area (Å²) in [4.78, 5) is 12.7. The third-order valence-electron chi connectivity index (χ3n) is 5.03. The SMILES string of the molecule is COc1ccc(-c2nn(-c3ccccc3)cc2CNC(=O)c2ccc(OC)c(Cl)c2)cc1. The van der Waals surface area contributed by atoms with E-state index in [0.29, 0.717) is 22.9 Å². The lowest BCUT2D eigenvalue weighted by molar-refractivity contribution is 0.0951. The van der Waals surface area contributed by atoms with E-state index in [1.807, 2.05) is 65.5 Å². The molecule has 0 aliphatic heterocycles. The highest BCUT2D eigenvalue weighted by Crippen LogP contribution is 2.27. The molecule has 7 heteroatoms. The zero-order valence-electron chi connectivity index (χ0n) is 17.7. The van der Waals surface area contributed by atoms with Crippen molar-refractivity contribution in [3.8, 4) is 28.4 Å². The molecule has 0 bridgehead atoms. The first kappa shape index (κ1) is 21.5. The highest BCUT2D eigenvalue weighted by Gasteiger charge is 2.15. The standard InChI is InChI=1S/C25H22ClN3O3/c1-31-21-11-8-17(9-12-21)24-19(16-29(28-24)20-6-4-3-5-7-20)15-27-25(30)18-10-13-23(32-2)22(26)14-18/h3-14,16H,15H2,1-2H3,(H,27,30). The number of halogens is 1. The summed E-state index contributed by atoms with van der Waals surface area (Å²) in [6, 6.07) is 22.4. The average Bonchev–Trinajstić information content (AvgIpc) is 3.27. The van der Waals surface area contributed by atoms with Crippen LogP contribution in [0.15, 0.2) is 79.0 Å². The van der Waals surface area contributed by atoms with E-state index >= 15 is 0 Å². The summed E-state index contributed by atoms with van der Waals surface area (Å²) in [6.45, 7) is 0.302. The highest BCUT2D eigenvalue weighted by atomic mass is 35.5. The Bertz CT molecular complexity index is 1220. The van der Waals surface area contributed by atoms with Crippen LogP contribution < -0.4 is 14.8 Å².